The van der Waals surface area contributed by atoms with Crippen LogP contribution in [-0.4, -0.2) is 24.4 Å². The minimum atomic E-state index is -2.52. The molecule has 0 aromatic heterocycles. The number of hydrogen-bond donors (Lipinski definition) is 1. The average Bonchev–Trinajstić information content (AvgIpc) is 1.84. The summed E-state index contributed by atoms with van der Waals surface area (Å²) in [6.45, 7) is 4.15. The van der Waals surface area contributed by atoms with Crippen molar-refractivity contribution in [3.8, 4) is 0 Å². The number of rotatable bonds is 3. The first kappa shape index (κ1) is 8.37. The van der Waals surface area contributed by atoms with Crippen LogP contribution in [0.1, 0.15) is 13.8 Å². The molecular formula is C5H13O4P. The van der Waals surface area contributed by atoms with Crippen LogP contribution >= 0.6 is 7.94 Å². The zero-order chi connectivity index (χ0) is 7.61. The van der Waals surface area contributed by atoms with E-state index in [1.807, 2.05) is 6.92 Å². The second-order valence-corrected chi connectivity index (χ2v) is 4.52. The molecule has 1 saturated heterocycles. The van der Waals surface area contributed by atoms with E-state index in [1.165, 1.54) is 0 Å². The second-order valence-electron chi connectivity index (χ2n) is 2.08. The van der Waals surface area contributed by atoms with Crippen LogP contribution in [0.4, 0.5) is 0 Å². The van der Waals surface area contributed by atoms with Gasteiger partial charge < -0.3 is 0 Å². The van der Waals surface area contributed by atoms with Gasteiger partial charge >= 0.3 is 59.7 Å². The van der Waals surface area contributed by atoms with E-state index in [0.29, 0.717) is 6.61 Å². The molecule has 1 aliphatic heterocycles. The zero-order valence-corrected chi connectivity index (χ0v) is 7.16. The van der Waals surface area contributed by atoms with E-state index in [-0.39, 0.29) is 12.6 Å². The molecule has 5 heteroatoms. The van der Waals surface area contributed by atoms with Gasteiger partial charge in [-0.2, -0.15) is 0 Å². The molecule has 0 aliphatic carbocycles. The van der Waals surface area contributed by atoms with Crippen LogP contribution in [0.25, 0.3) is 0 Å². The van der Waals surface area contributed by atoms with Gasteiger partial charge in [-0.3, -0.25) is 0 Å². The van der Waals surface area contributed by atoms with E-state index in [9.17, 15) is 0 Å². The van der Waals surface area contributed by atoms with Gasteiger partial charge in [-0.05, 0) is 0 Å². The van der Waals surface area contributed by atoms with Gasteiger partial charge in [-0.1, -0.05) is 0 Å². The SMILES string of the molecule is CCO[PH]1(CO)OC(C)O1. The van der Waals surface area contributed by atoms with Crippen LogP contribution in [0.15, 0.2) is 0 Å². The number of aliphatic hydroxyl groups excluding tert-OH is 1. The van der Waals surface area contributed by atoms with E-state index in [4.69, 9.17) is 18.7 Å². The Morgan fingerprint density at radius 3 is 2.50 bits per heavy atom. The van der Waals surface area contributed by atoms with Gasteiger partial charge in [-0.15, -0.1) is 0 Å². The normalized spacial score (nSPS) is 32.9. The fourth-order valence-corrected chi connectivity index (χ4v) is 2.77. The maximum atomic E-state index is 8.77. The molecule has 62 valence electrons. The molecule has 1 N–H and O–H groups in total. The maximum absolute atomic E-state index is 8.77. The fourth-order valence-electron chi connectivity index (χ4n) is 0.923. The topological polar surface area (TPSA) is 47.9 Å². The van der Waals surface area contributed by atoms with Gasteiger partial charge in [0.25, 0.3) is 0 Å². The Bertz CT molecular complexity index is 107. The van der Waals surface area contributed by atoms with Gasteiger partial charge in [0.15, 0.2) is 0 Å². The Kier molecular flexibility index (Phi) is 2.61. The summed E-state index contributed by atoms with van der Waals surface area (Å²) in [5.74, 6) is 0. The minimum absolute atomic E-state index is 0.120. The first-order chi connectivity index (χ1) is 4.72. The third-order valence-corrected chi connectivity index (χ3v) is 3.75. The molecule has 0 bridgehead atoms. The Hall–Kier alpha value is 0.270. The first-order valence-electron chi connectivity index (χ1n) is 3.33. The van der Waals surface area contributed by atoms with Gasteiger partial charge in [0, 0.05) is 0 Å². The van der Waals surface area contributed by atoms with Crippen LogP contribution in [0.3, 0.4) is 0 Å². The third kappa shape index (κ3) is 1.47. The molecule has 1 aliphatic rings. The van der Waals surface area contributed by atoms with Crippen LogP contribution in [0, 0.1) is 0 Å². The molecule has 10 heavy (non-hydrogen) atoms. The van der Waals surface area contributed by atoms with E-state index in [0.717, 1.165) is 0 Å². The molecule has 4 nitrogen and oxygen atoms in total. The summed E-state index contributed by atoms with van der Waals surface area (Å²) in [4.78, 5) is 0. The average molecular weight is 168 g/mol. The summed E-state index contributed by atoms with van der Waals surface area (Å²) in [5, 5.41) is 8.77. The van der Waals surface area contributed by atoms with Gasteiger partial charge in [0.05, 0.1) is 0 Å². The van der Waals surface area contributed by atoms with Crippen LogP contribution in [-0.2, 0) is 13.6 Å². The van der Waals surface area contributed by atoms with Crippen LogP contribution in [0.2, 0.25) is 0 Å². The van der Waals surface area contributed by atoms with Crippen molar-refractivity contribution in [1.82, 2.24) is 0 Å². The van der Waals surface area contributed by atoms with Crippen LogP contribution in [0.5, 0.6) is 0 Å². The van der Waals surface area contributed by atoms with Crippen molar-refractivity contribution in [2.24, 2.45) is 0 Å². The van der Waals surface area contributed by atoms with Crippen molar-refractivity contribution in [2.75, 3.05) is 13.0 Å². The summed E-state index contributed by atoms with van der Waals surface area (Å²) >= 11 is 0. The Morgan fingerprint density at radius 2 is 2.20 bits per heavy atom. The molecule has 0 spiro atoms. The van der Waals surface area contributed by atoms with Crippen molar-refractivity contribution in [3.63, 3.8) is 0 Å². The van der Waals surface area contributed by atoms with E-state index < -0.39 is 7.94 Å². The van der Waals surface area contributed by atoms with E-state index in [2.05, 4.69) is 0 Å². The summed E-state index contributed by atoms with van der Waals surface area (Å²) in [6.07, 6.45) is -0.323. The van der Waals surface area contributed by atoms with Gasteiger partial charge in [-0.25, -0.2) is 0 Å². The van der Waals surface area contributed by atoms with Gasteiger partial charge in [0.2, 0.25) is 0 Å². The predicted octanol–water partition coefficient (Wildman–Crippen LogP) is 0.860. The summed E-state index contributed by atoms with van der Waals surface area (Å²) in [5.41, 5.74) is 0. The molecule has 0 amide bonds. The molecule has 0 aromatic rings. The zero-order valence-electron chi connectivity index (χ0n) is 6.16. The summed E-state index contributed by atoms with van der Waals surface area (Å²) in [6, 6.07) is 0. The predicted molar refractivity (Wildman–Crippen MR) is 38.7 cm³/mol. The molecule has 1 rings (SSSR count). The molecule has 0 radical (unpaired) electrons. The quantitative estimate of drug-likeness (QED) is 0.635. The summed E-state index contributed by atoms with van der Waals surface area (Å²) < 4.78 is 15.5. The van der Waals surface area contributed by atoms with Crippen LogP contribution < -0.4 is 0 Å². The summed E-state index contributed by atoms with van der Waals surface area (Å²) in [7, 11) is -2.52. The van der Waals surface area contributed by atoms with Crippen molar-refractivity contribution in [2.45, 2.75) is 20.1 Å². The van der Waals surface area contributed by atoms with E-state index >= 15 is 0 Å². The van der Waals surface area contributed by atoms with Crippen molar-refractivity contribution in [1.29, 1.82) is 0 Å². The monoisotopic (exact) mass is 168 g/mol. The Morgan fingerprint density at radius 1 is 1.60 bits per heavy atom. The van der Waals surface area contributed by atoms with E-state index in [1.54, 1.807) is 6.92 Å². The molecule has 1 fully saturated rings. The second kappa shape index (κ2) is 3.11. The molecule has 1 heterocycles. The molecule has 0 atom stereocenters. The standard InChI is InChI=1S/C5H13O4P/c1-3-7-10(4-6)8-5(2)9-10/h5-6,10H,3-4H2,1-2H3. The van der Waals surface area contributed by atoms with Crippen molar-refractivity contribution < 1.29 is 18.7 Å². The Balaban J connectivity index is 2.32. The van der Waals surface area contributed by atoms with Gasteiger partial charge in [0.1, 0.15) is 0 Å². The Labute approximate surface area is 60.7 Å². The first-order valence-corrected chi connectivity index (χ1v) is 5.26. The molecule has 0 unspecified atom stereocenters. The number of hydrogen-bond acceptors (Lipinski definition) is 4. The molecule has 0 saturated carbocycles. The molecular weight excluding hydrogens is 155 g/mol. The van der Waals surface area contributed by atoms with Crippen molar-refractivity contribution in [3.05, 3.63) is 0 Å². The molecule has 0 aromatic carbocycles. The number of aliphatic hydroxyl groups is 1. The van der Waals surface area contributed by atoms with Crippen molar-refractivity contribution >= 4 is 7.94 Å². The third-order valence-electron chi connectivity index (χ3n) is 1.25. The fraction of sp³-hybridized carbons (Fsp3) is 1.00.